The summed E-state index contributed by atoms with van der Waals surface area (Å²) in [6.45, 7) is 3.83. The monoisotopic (exact) mass is 236 g/mol. The van der Waals surface area contributed by atoms with E-state index in [1.54, 1.807) is 0 Å². The van der Waals surface area contributed by atoms with Crippen LogP contribution in [0.15, 0.2) is 29.4 Å². The van der Waals surface area contributed by atoms with Crippen molar-refractivity contribution in [3.8, 4) is 5.75 Å². The highest BCUT2D eigenvalue weighted by Gasteiger charge is 2.06. The Bertz CT molecular complexity index is 402. The molecule has 0 bridgehead atoms. The molecule has 0 spiro atoms. The van der Waals surface area contributed by atoms with Gasteiger partial charge in [0.2, 0.25) is 0 Å². The second-order valence-corrected chi connectivity index (χ2v) is 3.38. The van der Waals surface area contributed by atoms with Crippen molar-refractivity contribution in [1.82, 2.24) is 5.43 Å². The maximum atomic E-state index is 11.0. The van der Waals surface area contributed by atoms with Gasteiger partial charge in [-0.3, -0.25) is 4.79 Å². The van der Waals surface area contributed by atoms with Crippen LogP contribution in [0.25, 0.3) is 0 Å². The van der Waals surface area contributed by atoms with Crippen molar-refractivity contribution >= 4 is 12.1 Å². The quantitative estimate of drug-likeness (QED) is 0.590. The second-order valence-electron chi connectivity index (χ2n) is 3.38. The van der Waals surface area contributed by atoms with Gasteiger partial charge >= 0.3 is 0 Å². The number of aliphatic hydroxyl groups is 1. The van der Waals surface area contributed by atoms with Gasteiger partial charge in [-0.25, -0.2) is 5.43 Å². The van der Waals surface area contributed by atoms with E-state index in [9.17, 15) is 4.79 Å². The third kappa shape index (κ3) is 4.24. The Balaban J connectivity index is 2.67. The summed E-state index contributed by atoms with van der Waals surface area (Å²) < 4.78 is 5.39. The fourth-order valence-corrected chi connectivity index (χ4v) is 1.13. The van der Waals surface area contributed by atoms with Crippen LogP contribution >= 0.6 is 0 Å². The van der Waals surface area contributed by atoms with Gasteiger partial charge in [0, 0.05) is 5.56 Å². The summed E-state index contributed by atoms with van der Waals surface area (Å²) in [5.41, 5.74) is 2.99. The zero-order valence-corrected chi connectivity index (χ0v) is 9.88. The molecule has 2 N–H and O–H groups in total. The number of nitrogens with one attached hydrogen (secondary N) is 1. The van der Waals surface area contributed by atoms with Crippen molar-refractivity contribution in [2.24, 2.45) is 5.10 Å². The Morgan fingerprint density at radius 3 is 2.94 bits per heavy atom. The minimum Gasteiger partial charge on any atom is -0.493 e. The van der Waals surface area contributed by atoms with Gasteiger partial charge in [0.15, 0.2) is 0 Å². The first-order chi connectivity index (χ1) is 8.15. The topological polar surface area (TPSA) is 70.9 Å². The number of nitrogens with zero attached hydrogens (tertiary/aromatic N) is 1. The van der Waals surface area contributed by atoms with Gasteiger partial charge in [-0.05, 0) is 26.0 Å². The van der Waals surface area contributed by atoms with Gasteiger partial charge in [0.1, 0.15) is 11.9 Å². The first-order valence-electron chi connectivity index (χ1n) is 5.38. The van der Waals surface area contributed by atoms with Crippen molar-refractivity contribution in [3.63, 3.8) is 0 Å². The van der Waals surface area contributed by atoms with E-state index in [-0.39, 0.29) is 0 Å². The number of carbonyl (C=O) groups is 1. The van der Waals surface area contributed by atoms with Crippen molar-refractivity contribution < 1.29 is 14.6 Å². The number of para-hydroxylation sites is 1. The fraction of sp³-hybridized carbons (Fsp3) is 0.333. The molecule has 5 nitrogen and oxygen atoms in total. The van der Waals surface area contributed by atoms with Crippen LogP contribution in [0.3, 0.4) is 0 Å². The van der Waals surface area contributed by atoms with Crippen molar-refractivity contribution in [2.75, 3.05) is 6.61 Å². The van der Waals surface area contributed by atoms with Crippen molar-refractivity contribution in [1.29, 1.82) is 0 Å². The van der Waals surface area contributed by atoms with Crippen molar-refractivity contribution in [2.45, 2.75) is 20.0 Å². The van der Waals surface area contributed by atoms with E-state index in [2.05, 4.69) is 10.5 Å². The maximum Gasteiger partial charge on any atom is 0.268 e. The van der Waals surface area contributed by atoms with E-state index in [0.717, 1.165) is 5.56 Å². The van der Waals surface area contributed by atoms with E-state index >= 15 is 0 Å². The molecule has 0 aliphatic rings. The number of carbonyl (C=O) groups excluding carboxylic acids is 1. The molecule has 17 heavy (non-hydrogen) atoms. The van der Waals surface area contributed by atoms with E-state index in [1.807, 2.05) is 31.2 Å². The molecule has 92 valence electrons. The summed E-state index contributed by atoms with van der Waals surface area (Å²) in [6, 6.07) is 7.35. The predicted molar refractivity (Wildman–Crippen MR) is 65.0 cm³/mol. The molecule has 1 aromatic carbocycles. The second kappa shape index (κ2) is 6.65. The van der Waals surface area contributed by atoms with Crippen molar-refractivity contribution in [3.05, 3.63) is 29.8 Å². The molecule has 1 aromatic rings. The summed E-state index contributed by atoms with van der Waals surface area (Å²) in [5, 5.41) is 12.7. The van der Waals surface area contributed by atoms with E-state index in [0.29, 0.717) is 12.4 Å². The number of ether oxygens (including phenoxy) is 1. The van der Waals surface area contributed by atoms with Crippen LogP contribution in [0.4, 0.5) is 0 Å². The Morgan fingerprint density at radius 1 is 1.59 bits per heavy atom. The maximum absolute atomic E-state index is 11.0. The Labute approximate surface area is 100 Å². The molecule has 1 atom stereocenters. The van der Waals surface area contributed by atoms with Gasteiger partial charge in [-0.2, -0.15) is 5.10 Å². The lowest BCUT2D eigenvalue weighted by molar-refractivity contribution is -0.128. The molecule has 0 saturated heterocycles. The standard InChI is InChI=1S/C12H16N2O3/c1-3-17-11-7-5-4-6-10(11)8-13-14-12(16)9(2)15/h4-9,15H,3H2,1-2H3,(H,14,16)/b13-8-/t9-/m1/s1. The summed E-state index contributed by atoms with van der Waals surface area (Å²) in [4.78, 5) is 11.0. The molecular weight excluding hydrogens is 220 g/mol. The molecule has 0 aliphatic heterocycles. The van der Waals surface area contributed by atoms with Crippen LogP contribution < -0.4 is 10.2 Å². The molecule has 5 heteroatoms. The molecule has 1 amide bonds. The minimum atomic E-state index is -1.07. The average Bonchev–Trinajstić information content (AvgIpc) is 2.31. The van der Waals surface area contributed by atoms with Gasteiger partial charge in [-0.15, -0.1) is 0 Å². The summed E-state index contributed by atoms with van der Waals surface area (Å²) in [5.74, 6) is 0.153. The van der Waals surface area contributed by atoms with Crippen LogP contribution in [-0.4, -0.2) is 29.9 Å². The molecule has 1 rings (SSSR count). The van der Waals surface area contributed by atoms with Crippen LogP contribution in [-0.2, 0) is 4.79 Å². The summed E-state index contributed by atoms with van der Waals surface area (Å²) in [6.07, 6.45) is 0.403. The van der Waals surface area contributed by atoms with Gasteiger partial charge in [0.05, 0.1) is 12.8 Å². The SMILES string of the molecule is CCOc1ccccc1/C=N\NC(=O)[C@@H](C)O. The van der Waals surface area contributed by atoms with Gasteiger partial charge < -0.3 is 9.84 Å². The molecule has 0 fully saturated rings. The zero-order valence-electron chi connectivity index (χ0n) is 9.88. The number of hydrogen-bond donors (Lipinski definition) is 2. The average molecular weight is 236 g/mol. The van der Waals surface area contributed by atoms with E-state index in [4.69, 9.17) is 9.84 Å². The van der Waals surface area contributed by atoms with Gasteiger partial charge in [-0.1, -0.05) is 12.1 Å². The first-order valence-corrected chi connectivity index (χ1v) is 5.38. The zero-order chi connectivity index (χ0) is 12.7. The summed E-state index contributed by atoms with van der Waals surface area (Å²) in [7, 11) is 0. The number of rotatable bonds is 5. The van der Waals surface area contributed by atoms with E-state index in [1.165, 1.54) is 13.1 Å². The van der Waals surface area contributed by atoms with Crippen LogP contribution in [0.5, 0.6) is 5.75 Å². The molecular formula is C12H16N2O3. The lowest BCUT2D eigenvalue weighted by atomic mass is 10.2. The lowest BCUT2D eigenvalue weighted by Crippen LogP contribution is -2.28. The number of aliphatic hydroxyl groups excluding tert-OH is 1. The number of benzene rings is 1. The van der Waals surface area contributed by atoms with Gasteiger partial charge in [0.25, 0.3) is 5.91 Å². The van der Waals surface area contributed by atoms with Crippen LogP contribution in [0.2, 0.25) is 0 Å². The largest absolute Gasteiger partial charge is 0.493 e. The first kappa shape index (κ1) is 13.2. The number of hydrogen-bond acceptors (Lipinski definition) is 4. The Morgan fingerprint density at radius 2 is 2.29 bits per heavy atom. The molecule has 0 aliphatic carbocycles. The highest BCUT2D eigenvalue weighted by molar-refractivity contribution is 5.86. The normalized spacial score (nSPS) is 12.4. The van der Waals surface area contributed by atoms with Crippen LogP contribution in [0, 0.1) is 0 Å². The highest BCUT2D eigenvalue weighted by atomic mass is 16.5. The Kier molecular flexibility index (Phi) is 5.16. The lowest BCUT2D eigenvalue weighted by Gasteiger charge is -2.06. The van der Waals surface area contributed by atoms with Crippen LogP contribution in [0.1, 0.15) is 19.4 Å². The van der Waals surface area contributed by atoms with E-state index < -0.39 is 12.0 Å². The summed E-state index contributed by atoms with van der Waals surface area (Å²) >= 11 is 0. The molecule has 0 aromatic heterocycles. The Hall–Kier alpha value is -1.88. The minimum absolute atomic E-state index is 0.546. The fourth-order valence-electron chi connectivity index (χ4n) is 1.13. The number of amides is 1. The smallest absolute Gasteiger partial charge is 0.268 e. The molecule has 0 unspecified atom stereocenters. The number of hydrazone groups is 1. The third-order valence-electron chi connectivity index (χ3n) is 1.98. The molecule has 0 radical (unpaired) electrons. The molecule has 0 saturated carbocycles. The third-order valence-corrected chi connectivity index (χ3v) is 1.98. The predicted octanol–water partition coefficient (Wildman–Crippen LogP) is 0.916. The molecule has 0 heterocycles. The highest BCUT2D eigenvalue weighted by Crippen LogP contribution is 2.15.